The number of nitro groups is 1. The van der Waals surface area contributed by atoms with Gasteiger partial charge in [-0.3, -0.25) is 19.8 Å². The molecule has 1 aromatic rings. The van der Waals surface area contributed by atoms with E-state index in [4.69, 9.17) is 0 Å². The summed E-state index contributed by atoms with van der Waals surface area (Å²) in [5.41, 5.74) is 0.0621. The third-order valence-electron chi connectivity index (χ3n) is 5.27. The molecule has 1 aliphatic rings. The van der Waals surface area contributed by atoms with Crippen LogP contribution >= 0.6 is 11.8 Å². The summed E-state index contributed by atoms with van der Waals surface area (Å²) in [6, 6.07) is 6.69. The van der Waals surface area contributed by atoms with Crippen molar-refractivity contribution in [2.75, 3.05) is 19.6 Å². The van der Waals surface area contributed by atoms with Gasteiger partial charge in [0.05, 0.1) is 10.2 Å². The molecule has 0 bridgehead atoms. The van der Waals surface area contributed by atoms with E-state index in [1.807, 2.05) is 6.92 Å². The van der Waals surface area contributed by atoms with Crippen LogP contribution in [-0.4, -0.2) is 46.7 Å². The zero-order valence-corrected chi connectivity index (χ0v) is 17.5. The lowest BCUT2D eigenvalue weighted by Gasteiger charge is -2.39. The number of hydrogen-bond donors (Lipinski definition) is 1. The quantitative estimate of drug-likeness (QED) is 0.411. The van der Waals surface area contributed by atoms with Crippen molar-refractivity contribution >= 4 is 23.4 Å². The summed E-state index contributed by atoms with van der Waals surface area (Å²) in [4.78, 5) is 26.2. The number of piperidine rings is 1. The van der Waals surface area contributed by atoms with Gasteiger partial charge in [0.2, 0.25) is 5.91 Å². The average Bonchev–Trinajstić information content (AvgIpc) is 2.63. The molecule has 1 amide bonds. The Labute approximate surface area is 166 Å². The second-order valence-corrected chi connectivity index (χ2v) is 9.20. The Bertz CT molecular complexity index is 628. The monoisotopic (exact) mass is 393 g/mol. The van der Waals surface area contributed by atoms with Crippen LogP contribution in [0.3, 0.4) is 0 Å². The van der Waals surface area contributed by atoms with E-state index in [2.05, 4.69) is 31.0 Å². The summed E-state index contributed by atoms with van der Waals surface area (Å²) < 4.78 is 0. The summed E-state index contributed by atoms with van der Waals surface area (Å²) in [5.74, 6) is 1.28. The normalized spacial score (nSPS) is 18.3. The lowest BCUT2D eigenvalue weighted by Crippen LogP contribution is -2.50. The maximum absolute atomic E-state index is 12.5. The number of non-ortho nitro benzene ring substituents is 1. The SMILES string of the molecule is CC1CCN([C@H](CNC(=O)[C@H](C)Sc2ccc([N+](=O)[O-])cc2)C(C)C)CC1. The zero-order valence-electron chi connectivity index (χ0n) is 16.7. The molecule has 0 spiro atoms. The summed E-state index contributed by atoms with van der Waals surface area (Å²) in [6.07, 6.45) is 2.45. The first-order valence-electron chi connectivity index (χ1n) is 9.70. The van der Waals surface area contributed by atoms with Crippen molar-refractivity contribution in [2.24, 2.45) is 11.8 Å². The predicted octanol–water partition coefficient (Wildman–Crippen LogP) is 3.95. The van der Waals surface area contributed by atoms with E-state index in [1.165, 1.54) is 36.7 Å². The Kier molecular flexibility index (Phi) is 8.10. The van der Waals surface area contributed by atoms with Crippen LogP contribution in [0.15, 0.2) is 29.2 Å². The average molecular weight is 394 g/mol. The highest BCUT2D eigenvalue weighted by Gasteiger charge is 2.26. The number of rotatable bonds is 8. The number of carbonyl (C=O) groups excluding carboxylic acids is 1. The smallest absolute Gasteiger partial charge is 0.269 e. The van der Waals surface area contributed by atoms with Crippen LogP contribution in [0.25, 0.3) is 0 Å². The molecular formula is C20H31N3O3S. The van der Waals surface area contributed by atoms with Crippen LogP contribution in [0, 0.1) is 22.0 Å². The van der Waals surface area contributed by atoms with Gasteiger partial charge >= 0.3 is 0 Å². The summed E-state index contributed by atoms with van der Waals surface area (Å²) >= 11 is 1.42. The van der Waals surface area contributed by atoms with Crippen LogP contribution in [0.5, 0.6) is 0 Å². The van der Waals surface area contributed by atoms with Gasteiger partial charge in [-0.1, -0.05) is 20.8 Å². The first-order valence-corrected chi connectivity index (χ1v) is 10.6. The van der Waals surface area contributed by atoms with Crippen LogP contribution in [0.1, 0.15) is 40.5 Å². The van der Waals surface area contributed by atoms with Crippen molar-refractivity contribution in [3.8, 4) is 0 Å². The topological polar surface area (TPSA) is 75.5 Å². The van der Waals surface area contributed by atoms with Gasteiger partial charge in [-0.25, -0.2) is 0 Å². The number of thioether (sulfide) groups is 1. The van der Waals surface area contributed by atoms with Gasteiger partial charge in [0, 0.05) is 29.6 Å². The predicted molar refractivity (Wildman–Crippen MR) is 110 cm³/mol. The van der Waals surface area contributed by atoms with Crippen LogP contribution in [-0.2, 0) is 4.79 Å². The first-order chi connectivity index (χ1) is 12.8. The van der Waals surface area contributed by atoms with E-state index < -0.39 is 4.92 Å². The van der Waals surface area contributed by atoms with Crippen LogP contribution < -0.4 is 5.32 Å². The first kappa shape index (κ1) is 21.7. The van der Waals surface area contributed by atoms with Crippen molar-refractivity contribution in [3.05, 3.63) is 34.4 Å². The van der Waals surface area contributed by atoms with Gasteiger partial charge in [-0.15, -0.1) is 11.8 Å². The molecule has 2 atom stereocenters. The highest BCUT2D eigenvalue weighted by Crippen LogP contribution is 2.26. The molecule has 0 radical (unpaired) electrons. The molecule has 1 aromatic carbocycles. The highest BCUT2D eigenvalue weighted by molar-refractivity contribution is 8.00. The molecular weight excluding hydrogens is 362 g/mol. The fourth-order valence-corrected chi connectivity index (χ4v) is 4.29. The van der Waals surface area contributed by atoms with Crippen LogP contribution in [0.4, 0.5) is 5.69 Å². The lowest BCUT2D eigenvalue weighted by atomic mass is 9.94. The third-order valence-corrected chi connectivity index (χ3v) is 6.38. The molecule has 1 heterocycles. The van der Waals surface area contributed by atoms with Crippen LogP contribution in [0.2, 0.25) is 0 Å². The largest absolute Gasteiger partial charge is 0.354 e. The van der Waals surface area contributed by atoms with E-state index in [0.29, 0.717) is 18.5 Å². The molecule has 1 aliphatic heterocycles. The van der Waals surface area contributed by atoms with Crippen molar-refractivity contribution in [1.82, 2.24) is 10.2 Å². The molecule has 2 rings (SSSR count). The Balaban J connectivity index is 1.85. The van der Waals surface area contributed by atoms with Gasteiger partial charge in [-0.2, -0.15) is 0 Å². The Morgan fingerprint density at radius 2 is 1.85 bits per heavy atom. The molecule has 1 fully saturated rings. The minimum Gasteiger partial charge on any atom is -0.354 e. The molecule has 6 nitrogen and oxygen atoms in total. The summed E-state index contributed by atoms with van der Waals surface area (Å²) in [7, 11) is 0. The molecule has 0 unspecified atom stereocenters. The molecule has 150 valence electrons. The van der Waals surface area contributed by atoms with Crippen molar-refractivity contribution in [2.45, 2.75) is 56.7 Å². The zero-order chi connectivity index (χ0) is 20.0. The van der Waals surface area contributed by atoms with Gasteiger partial charge in [-0.05, 0) is 56.8 Å². The Morgan fingerprint density at radius 1 is 1.26 bits per heavy atom. The number of nitro benzene ring substituents is 1. The number of hydrogen-bond acceptors (Lipinski definition) is 5. The van der Waals surface area contributed by atoms with Gasteiger partial charge < -0.3 is 5.32 Å². The third kappa shape index (κ3) is 6.50. The standard InChI is InChI=1S/C20H31N3O3S/c1-14(2)19(22-11-9-15(3)10-12-22)13-21-20(24)16(4)27-18-7-5-17(6-8-18)23(25)26/h5-8,14-16,19H,9-13H2,1-4H3,(H,21,24)/t16-,19+/m0/s1. The maximum Gasteiger partial charge on any atom is 0.269 e. The minimum atomic E-state index is -0.419. The van der Waals surface area contributed by atoms with Crippen molar-refractivity contribution in [3.63, 3.8) is 0 Å². The molecule has 0 aliphatic carbocycles. The second kappa shape index (κ2) is 10.1. The number of nitrogens with zero attached hydrogens (tertiary/aromatic N) is 2. The van der Waals surface area contributed by atoms with E-state index in [-0.39, 0.29) is 16.8 Å². The van der Waals surface area contributed by atoms with Crippen molar-refractivity contribution < 1.29 is 9.72 Å². The summed E-state index contributed by atoms with van der Waals surface area (Å²) in [6.45, 7) is 11.5. The molecule has 1 saturated heterocycles. The number of benzene rings is 1. The van der Waals surface area contributed by atoms with E-state index in [9.17, 15) is 14.9 Å². The van der Waals surface area contributed by atoms with Crippen molar-refractivity contribution in [1.29, 1.82) is 0 Å². The number of carbonyl (C=O) groups is 1. The summed E-state index contributed by atoms with van der Waals surface area (Å²) in [5, 5.41) is 13.6. The second-order valence-electron chi connectivity index (χ2n) is 7.79. The Hall–Kier alpha value is -1.60. The molecule has 0 saturated carbocycles. The molecule has 27 heavy (non-hydrogen) atoms. The highest BCUT2D eigenvalue weighted by atomic mass is 32.2. The fourth-order valence-electron chi connectivity index (χ4n) is 3.40. The number of nitrogens with one attached hydrogen (secondary N) is 1. The molecule has 0 aromatic heterocycles. The maximum atomic E-state index is 12.5. The van der Waals surface area contributed by atoms with Gasteiger partial charge in [0.25, 0.3) is 5.69 Å². The fraction of sp³-hybridized carbons (Fsp3) is 0.650. The van der Waals surface area contributed by atoms with E-state index in [0.717, 1.165) is 23.9 Å². The molecule has 7 heteroatoms. The van der Waals surface area contributed by atoms with E-state index >= 15 is 0 Å². The number of likely N-dealkylation sites (tertiary alicyclic amines) is 1. The Morgan fingerprint density at radius 3 is 2.37 bits per heavy atom. The molecule has 1 N–H and O–H groups in total. The number of amides is 1. The van der Waals surface area contributed by atoms with Gasteiger partial charge in [0.15, 0.2) is 0 Å². The van der Waals surface area contributed by atoms with E-state index in [1.54, 1.807) is 12.1 Å². The van der Waals surface area contributed by atoms with Gasteiger partial charge in [0.1, 0.15) is 0 Å². The minimum absolute atomic E-state index is 0.00869. The lowest BCUT2D eigenvalue weighted by molar-refractivity contribution is -0.384.